The third-order valence-corrected chi connectivity index (χ3v) is 3.47. The molecular weight excluding hydrogens is 206 g/mol. The van der Waals surface area contributed by atoms with E-state index in [1.165, 1.54) is 7.05 Å². The van der Waals surface area contributed by atoms with Crippen LogP contribution in [0.4, 0.5) is 0 Å². The Bertz CT molecular complexity index is 328. The molecule has 0 amide bonds. The molecular formula is C8H13NO4S. The van der Waals surface area contributed by atoms with Crippen molar-refractivity contribution in [1.82, 2.24) is 4.31 Å². The SMILES string of the molecule is C#CCN(C)S(=O)(=O)CCCC(=O)O. The number of aliphatic carboxylic acids is 1. The Balaban J connectivity index is 4.09. The highest BCUT2D eigenvalue weighted by atomic mass is 32.2. The van der Waals surface area contributed by atoms with Gasteiger partial charge in [-0.05, 0) is 6.42 Å². The lowest BCUT2D eigenvalue weighted by atomic mass is 10.3. The van der Waals surface area contributed by atoms with Crippen molar-refractivity contribution in [2.24, 2.45) is 0 Å². The molecule has 0 radical (unpaired) electrons. The zero-order valence-corrected chi connectivity index (χ0v) is 8.75. The number of carbonyl (C=O) groups is 1. The van der Waals surface area contributed by atoms with E-state index in [-0.39, 0.29) is 25.1 Å². The van der Waals surface area contributed by atoms with E-state index in [0.717, 1.165) is 4.31 Å². The van der Waals surface area contributed by atoms with Crippen LogP contribution >= 0.6 is 0 Å². The van der Waals surface area contributed by atoms with Crippen LogP contribution in [0.15, 0.2) is 0 Å². The first kappa shape index (κ1) is 12.9. The highest BCUT2D eigenvalue weighted by Crippen LogP contribution is 2.01. The minimum Gasteiger partial charge on any atom is -0.481 e. The Labute approximate surface area is 83.8 Å². The summed E-state index contributed by atoms with van der Waals surface area (Å²) >= 11 is 0. The van der Waals surface area contributed by atoms with E-state index in [4.69, 9.17) is 11.5 Å². The van der Waals surface area contributed by atoms with Crippen LogP contribution in [0.5, 0.6) is 0 Å². The standard InChI is InChI=1S/C8H13NO4S/c1-3-6-9(2)14(12,13)7-4-5-8(10)11/h1H,4-7H2,2H3,(H,10,11). The van der Waals surface area contributed by atoms with Crippen molar-refractivity contribution in [2.45, 2.75) is 12.8 Å². The molecule has 0 unspecified atom stereocenters. The van der Waals surface area contributed by atoms with Gasteiger partial charge in [-0.1, -0.05) is 5.92 Å². The van der Waals surface area contributed by atoms with Crippen LogP contribution in [0.3, 0.4) is 0 Å². The minimum atomic E-state index is -3.39. The topological polar surface area (TPSA) is 74.7 Å². The van der Waals surface area contributed by atoms with Crippen LogP contribution in [0.1, 0.15) is 12.8 Å². The van der Waals surface area contributed by atoms with Gasteiger partial charge in [0, 0.05) is 13.5 Å². The maximum absolute atomic E-state index is 11.3. The Morgan fingerprint density at radius 3 is 2.57 bits per heavy atom. The van der Waals surface area contributed by atoms with Crippen molar-refractivity contribution in [3.8, 4) is 12.3 Å². The fraction of sp³-hybridized carbons (Fsp3) is 0.625. The first-order valence-electron chi connectivity index (χ1n) is 3.99. The number of terminal acetylenes is 1. The summed E-state index contributed by atoms with van der Waals surface area (Å²) in [6.07, 6.45) is 4.91. The van der Waals surface area contributed by atoms with Gasteiger partial charge in [-0.25, -0.2) is 8.42 Å². The Kier molecular flexibility index (Phi) is 5.20. The molecule has 0 atom stereocenters. The van der Waals surface area contributed by atoms with Crippen LogP contribution in [0.25, 0.3) is 0 Å². The number of carboxylic acids is 1. The first-order valence-corrected chi connectivity index (χ1v) is 5.60. The van der Waals surface area contributed by atoms with Crippen LogP contribution in [0, 0.1) is 12.3 Å². The average molecular weight is 219 g/mol. The second kappa shape index (κ2) is 5.62. The van der Waals surface area contributed by atoms with Gasteiger partial charge in [-0.15, -0.1) is 6.42 Å². The highest BCUT2D eigenvalue weighted by molar-refractivity contribution is 7.89. The third kappa shape index (κ3) is 4.84. The molecule has 0 aliphatic rings. The molecule has 0 aliphatic carbocycles. The van der Waals surface area contributed by atoms with Crippen LogP contribution in [-0.4, -0.2) is 43.1 Å². The van der Waals surface area contributed by atoms with E-state index in [0.29, 0.717) is 0 Å². The predicted octanol–water partition coefficient (Wildman–Crippen LogP) is -0.254. The molecule has 0 aromatic heterocycles. The van der Waals surface area contributed by atoms with Gasteiger partial charge in [0.25, 0.3) is 0 Å². The van der Waals surface area contributed by atoms with E-state index in [9.17, 15) is 13.2 Å². The van der Waals surface area contributed by atoms with Gasteiger partial charge in [0.15, 0.2) is 0 Å². The number of hydrogen-bond acceptors (Lipinski definition) is 3. The first-order chi connectivity index (χ1) is 6.40. The van der Waals surface area contributed by atoms with Gasteiger partial charge in [0.2, 0.25) is 10.0 Å². The normalized spacial score (nSPS) is 11.2. The molecule has 0 fully saturated rings. The number of hydrogen-bond donors (Lipinski definition) is 1. The maximum Gasteiger partial charge on any atom is 0.303 e. The van der Waals surface area contributed by atoms with Gasteiger partial charge in [0.05, 0.1) is 12.3 Å². The summed E-state index contributed by atoms with van der Waals surface area (Å²) in [7, 11) is -2.02. The van der Waals surface area contributed by atoms with E-state index in [2.05, 4.69) is 5.92 Å². The second-order valence-corrected chi connectivity index (χ2v) is 4.97. The smallest absolute Gasteiger partial charge is 0.303 e. The summed E-state index contributed by atoms with van der Waals surface area (Å²) < 4.78 is 23.7. The molecule has 80 valence electrons. The second-order valence-electron chi connectivity index (χ2n) is 2.77. The number of nitrogens with zero attached hydrogens (tertiary/aromatic N) is 1. The maximum atomic E-state index is 11.3. The van der Waals surface area contributed by atoms with E-state index in [1.807, 2.05) is 0 Å². The lowest BCUT2D eigenvalue weighted by Crippen LogP contribution is -2.29. The third-order valence-electron chi connectivity index (χ3n) is 1.58. The van der Waals surface area contributed by atoms with Crippen molar-refractivity contribution in [3.63, 3.8) is 0 Å². The summed E-state index contributed by atoms with van der Waals surface area (Å²) in [6.45, 7) is 0.00933. The molecule has 0 heterocycles. The summed E-state index contributed by atoms with van der Waals surface area (Å²) in [5.41, 5.74) is 0. The molecule has 0 spiro atoms. The molecule has 5 nitrogen and oxygen atoms in total. The summed E-state index contributed by atoms with van der Waals surface area (Å²) in [6, 6.07) is 0. The van der Waals surface area contributed by atoms with E-state index < -0.39 is 16.0 Å². The van der Waals surface area contributed by atoms with Gasteiger partial charge in [-0.3, -0.25) is 4.79 Å². The highest BCUT2D eigenvalue weighted by Gasteiger charge is 2.16. The van der Waals surface area contributed by atoms with Crippen LogP contribution in [-0.2, 0) is 14.8 Å². The predicted molar refractivity (Wildman–Crippen MR) is 52.1 cm³/mol. The largest absolute Gasteiger partial charge is 0.481 e. The number of rotatable bonds is 6. The van der Waals surface area contributed by atoms with E-state index >= 15 is 0 Å². The number of sulfonamides is 1. The molecule has 1 N–H and O–H groups in total. The van der Waals surface area contributed by atoms with Gasteiger partial charge in [-0.2, -0.15) is 4.31 Å². The lowest BCUT2D eigenvalue weighted by Gasteiger charge is -2.13. The molecule has 0 bridgehead atoms. The van der Waals surface area contributed by atoms with Crippen LogP contribution in [0.2, 0.25) is 0 Å². The average Bonchev–Trinajstić information content (AvgIpc) is 2.03. The van der Waals surface area contributed by atoms with Crippen molar-refractivity contribution in [2.75, 3.05) is 19.3 Å². The molecule has 0 aliphatic heterocycles. The van der Waals surface area contributed by atoms with Crippen molar-refractivity contribution >= 4 is 16.0 Å². The quantitative estimate of drug-likeness (QED) is 0.625. The summed E-state index contributed by atoms with van der Waals surface area (Å²) in [4.78, 5) is 10.1. The molecule has 14 heavy (non-hydrogen) atoms. The zero-order valence-electron chi connectivity index (χ0n) is 7.93. The molecule has 0 aromatic rings. The van der Waals surface area contributed by atoms with Crippen molar-refractivity contribution in [3.05, 3.63) is 0 Å². The van der Waals surface area contributed by atoms with Gasteiger partial charge >= 0.3 is 5.97 Å². The summed E-state index contributed by atoms with van der Waals surface area (Å²) in [5, 5.41) is 8.31. The molecule has 0 rings (SSSR count). The Morgan fingerprint density at radius 1 is 1.57 bits per heavy atom. The fourth-order valence-corrected chi connectivity index (χ4v) is 1.88. The lowest BCUT2D eigenvalue weighted by molar-refractivity contribution is -0.137. The molecule has 0 saturated heterocycles. The van der Waals surface area contributed by atoms with Gasteiger partial charge in [0.1, 0.15) is 0 Å². The van der Waals surface area contributed by atoms with Crippen molar-refractivity contribution < 1.29 is 18.3 Å². The minimum absolute atomic E-state index is 0.00933. The fourth-order valence-electron chi connectivity index (χ4n) is 0.789. The van der Waals surface area contributed by atoms with E-state index in [1.54, 1.807) is 0 Å². The zero-order chi connectivity index (χ0) is 11.2. The molecule has 0 aromatic carbocycles. The molecule has 0 saturated carbocycles. The van der Waals surface area contributed by atoms with Crippen molar-refractivity contribution in [1.29, 1.82) is 0 Å². The monoisotopic (exact) mass is 219 g/mol. The molecule has 6 heteroatoms. The Hall–Kier alpha value is -1.06. The summed E-state index contributed by atoms with van der Waals surface area (Å²) in [5.74, 6) is 1.02. The van der Waals surface area contributed by atoms with Crippen LogP contribution < -0.4 is 0 Å². The Morgan fingerprint density at radius 2 is 2.14 bits per heavy atom. The van der Waals surface area contributed by atoms with Gasteiger partial charge < -0.3 is 5.11 Å². The number of carboxylic acid groups (broad SMARTS) is 1.